The number of carbonyl (C=O) groups is 1. The van der Waals surface area contributed by atoms with Crippen molar-refractivity contribution in [2.24, 2.45) is 11.3 Å². The second kappa shape index (κ2) is 11.0. The van der Waals surface area contributed by atoms with Gasteiger partial charge < -0.3 is 9.84 Å². The number of carbonyl (C=O) groups excluding carboxylic acids is 1. The van der Waals surface area contributed by atoms with Crippen molar-refractivity contribution in [2.75, 3.05) is 19.0 Å². The molecule has 10 heteroatoms. The predicted molar refractivity (Wildman–Crippen MR) is 136 cm³/mol. The summed E-state index contributed by atoms with van der Waals surface area (Å²) in [5, 5.41) is 21.0. The minimum atomic E-state index is -2.81. The molecule has 0 unspecified atom stereocenters. The SMILES string of the molecule is COc1cnc(C(F)F)cc1-c1cc(C#CC(C)(C)CO)ccc1C(=O)Nc1nnc(C#CC2CC2)s1. The lowest BCUT2D eigenvalue weighted by Crippen LogP contribution is -2.14. The van der Waals surface area contributed by atoms with Crippen LogP contribution in [-0.4, -0.2) is 39.9 Å². The Bertz CT molecular complexity index is 1440. The van der Waals surface area contributed by atoms with Crippen LogP contribution in [0, 0.1) is 35.0 Å². The molecule has 1 amide bonds. The maximum absolute atomic E-state index is 13.5. The average Bonchev–Trinajstić information content (AvgIpc) is 3.63. The van der Waals surface area contributed by atoms with Crippen molar-refractivity contribution in [1.29, 1.82) is 0 Å². The molecule has 0 spiro atoms. The Kier molecular flexibility index (Phi) is 7.82. The van der Waals surface area contributed by atoms with E-state index in [9.17, 15) is 18.7 Å². The Labute approximate surface area is 217 Å². The third-order valence-corrected chi connectivity index (χ3v) is 6.19. The third kappa shape index (κ3) is 6.67. The smallest absolute Gasteiger partial charge is 0.280 e. The van der Waals surface area contributed by atoms with Gasteiger partial charge in [-0.2, -0.15) is 0 Å². The molecule has 1 saturated carbocycles. The first kappa shape index (κ1) is 26.2. The van der Waals surface area contributed by atoms with E-state index in [2.05, 4.69) is 44.2 Å². The molecule has 4 rings (SSSR count). The molecule has 1 aliphatic carbocycles. The number of ether oxygens (including phenoxy) is 1. The molecule has 1 fully saturated rings. The van der Waals surface area contributed by atoms with Gasteiger partial charge in [0.15, 0.2) is 5.01 Å². The molecule has 2 heterocycles. The van der Waals surface area contributed by atoms with Crippen molar-refractivity contribution < 1.29 is 23.4 Å². The van der Waals surface area contributed by atoms with E-state index in [1.54, 1.807) is 32.0 Å². The van der Waals surface area contributed by atoms with E-state index in [1.165, 1.54) is 19.4 Å². The summed E-state index contributed by atoms with van der Waals surface area (Å²) in [5.41, 5.74) is 0.201. The summed E-state index contributed by atoms with van der Waals surface area (Å²) in [6.07, 6.45) is 0.553. The lowest BCUT2D eigenvalue weighted by molar-refractivity contribution is 0.102. The molecule has 3 aromatic rings. The Morgan fingerprint density at radius 3 is 2.70 bits per heavy atom. The standard InChI is InChI=1S/C27H24F2N4O3S/c1-27(2,15-34)11-10-17-6-8-18(19(12-17)20-13-21(24(28)29)30-14-22(20)36-3)25(35)31-26-33-32-23(37-26)9-7-16-4-5-16/h6,8,12-14,16,24,34H,4-5,15H2,1-3H3,(H,31,33,35). The number of nitrogens with zero attached hydrogens (tertiary/aromatic N) is 3. The largest absolute Gasteiger partial charge is 0.494 e. The summed E-state index contributed by atoms with van der Waals surface area (Å²) < 4.78 is 32.3. The van der Waals surface area contributed by atoms with Gasteiger partial charge in [-0.25, -0.2) is 8.78 Å². The zero-order valence-corrected chi connectivity index (χ0v) is 21.2. The Hall–Kier alpha value is -3.86. The first-order chi connectivity index (χ1) is 17.7. The number of nitrogens with one attached hydrogen (secondary N) is 1. The highest BCUT2D eigenvalue weighted by atomic mass is 32.1. The minimum absolute atomic E-state index is 0.141. The maximum Gasteiger partial charge on any atom is 0.280 e. The molecule has 0 atom stereocenters. The number of hydrogen-bond donors (Lipinski definition) is 2. The molecule has 0 aliphatic heterocycles. The van der Waals surface area contributed by atoms with Crippen molar-refractivity contribution in [3.05, 3.63) is 52.3 Å². The summed E-state index contributed by atoms with van der Waals surface area (Å²) in [7, 11) is 1.39. The maximum atomic E-state index is 13.5. The van der Waals surface area contributed by atoms with E-state index < -0.39 is 23.4 Å². The van der Waals surface area contributed by atoms with Crippen molar-refractivity contribution in [2.45, 2.75) is 33.1 Å². The van der Waals surface area contributed by atoms with Gasteiger partial charge in [-0.1, -0.05) is 29.1 Å². The van der Waals surface area contributed by atoms with E-state index in [0.717, 1.165) is 24.2 Å². The molecule has 190 valence electrons. The number of amides is 1. The summed E-state index contributed by atoms with van der Waals surface area (Å²) in [6, 6.07) is 6.01. The van der Waals surface area contributed by atoms with Crippen molar-refractivity contribution in [3.63, 3.8) is 0 Å². The summed E-state index contributed by atoms with van der Waals surface area (Å²) in [5.74, 6) is 12.1. The number of methoxy groups -OCH3 is 1. The van der Waals surface area contributed by atoms with Crippen molar-refractivity contribution in [3.8, 4) is 40.6 Å². The lowest BCUT2D eigenvalue weighted by Gasteiger charge is -2.15. The number of halogens is 2. The molecule has 0 radical (unpaired) electrons. The monoisotopic (exact) mass is 522 g/mol. The van der Waals surface area contributed by atoms with Gasteiger partial charge in [0, 0.05) is 28.0 Å². The fourth-order valence-electron chi connectivity index (χ4n) is 3.16. The summed E-state index contributed by atoms with van der Waals surface area (Å²) in [4.78, 5) is 17.1. The van der Waals surface area contributed by atoms with Crippen LogP contribution < -0.4 is 10.1 Å². The number of pyridine rings is 1. The highest BCUT2D eigenvalue weighted by molar-refractivity contribution is 7.15. The van der Waals surface area contributed by atoms with Gasteiger partial charge >= 0.3 is 0 Å². The topological polar surface area (TPSA) is 97.2 Å². The highest BCUT2D eigenvalue weighted by Crippen LogP contribution is 2.35. The van der Waals surface area contributed by atoms with Crippen LogP contribution in [0.1, 0.15) is 59.7 Å². The second-order valence-electron chi connectivity index (χ2n) is 9.07. The van der Waals surface area contributed by atoms with Gasteiger partial charge in [-0.15, -0.1) is 10.2 Å². The van der Waals surface area contributed by atoms with Crippen LogP contribution in [0.3, 0.4) is 0 Å². The number of benzene rings is 1. The van der Waals surface area contributed by atoms with E-state index >= 15 is 0 Å². The Morgan fingerprint density at radius 1 is 1.24 bits per heavy atom. The molecule has 0 bridgehead atoms. The molecule has 1 aliphatic rings. The zero-order chi connectivity index (χ0) is 26.6. The van der Waals surface area contributed by atoms with Crippen LogP contribution in [0.2, 0.25) is 0 Å². The molecule has 37 heavy (non-hydrogen) atoms. The van der Waals surface area contributed by atoms with Crippen LogP contribution in [0.4, 0.5) is 13.9 Å². The van der Waals surface area contributed by atoms with Crippen LogP contribution in [0.5, 0.6) is 5.75 Å². The van der Waals surface area contributed by atoms with Gasteiger partial charge in [-0.05, 0) is 62.4 Å². The highest BCUT2D eigenvalue weighted by Gasteiger charge is 2.21. The summed E-state index contributed by atoms with van der Waals surface area (Å²) in [6.45, 7) is 3.43. The Morgan fingerprint density at radius 2 is 2.03 bits per heavy atom. The van der Waals surface area contributed by atoms with Crippen LogP contribution in [0.15, 0.2) is 30.5 Å². The number of alkyl halides is 2. The predicted octanol–water partition coefficient (Wildman–Crippen LogP) is 4.93. The number of aliphatic hydroxyl groups is 1. The van der Waals surface area contributed by atoms with E-state index in [-0.39, 0.29) is 28.6 Å². The fraction of sp³-hybridized carbons (Fsp3) is 0.333. The average molecular weight is 523 g/mol. The van der Waals surface area contributed by atoms with Crippen LogP contribution in [-0.2, 0) is 0 Å². The fourth-order valence-corrected chi connectivity index (χ4v) is 3.76. The lowest BCUT2D eigenvalue weighted by atomic mass is 9.93. The number of anilines is 1. The first-order valence-corrected chi connectivity index (χ1v) is 12.3. The Balaban J connectivity index is 1.74. The molecule has 0 saturated heterocycles. The van der Waals surface area contributed by atoms with Gasteiger partial charge in [0.05, 0.1) is 19.9 Å². The first-order valence-electron chi connectivity index (χ1n) is 11.5. The summed E-state index contributed by atoms with van der Waals surface area (Å²) >= 11 is 1.15. The number of aliphatic hydroxyl groups excluding tert-OH is 1. The minimum Gasteiger partial charge on any atom is -0.494 e. The van der Waals surface area contributed by atoms with Crippen molar-refractivity contribution in [1.82, 2.24) is 15.2 Å². The molecule has 7 nitrogen and oxygen atoms in total. The zero-order valence-electron chi connectivity index (χ0n) is 20.4. The van der Waals surface area contributed by atoms with Gasteiger partial charge in [0.1, 0.15) is 11.4 Å². The normalized spacial score (nSPS) is 12.8. The van der Waals surface area contributed by atoms with Gasteiger partial charge in [-0.3, -0.25) is 15.1 Å². The molecule has 1 aromatic carbocycles. The molecular formula is C27H24F2N4O3S. The molecular weight excluding hydrogens is 498 g/mol. The third-order valence-electron chi connectivity index (χ3n) is 5.43. The van der Waals surface area contributed by atoms with E-state index in [0.29, 0.717) is 22.1 Å². The quantitative estimate of drug-likeness (QED) is 0.446. The number of hydrogen-bond acceptors (Lipinski definition) is 7. The van der Waals surface area contributed by atoms with Crippen LogP contribution in [0.25, 0.3) is 11.1 Å². The van der Waals surface area contributed by atoms with E-state index in [1.807, 2.05) is 0 Å². The van der Waals surface area contributed by atoms with Crippen LogP contribution >= 0.6 is 11.3 Å². The molecule has 2 N–H and O–H groups in total. The second-order valence-corrected chi connectivity index (χ2v) is 10.1. The van der Waals surface area contributed by atoms with Gasteiger partial charge in [0.25, 0.3) is 12.3 Å². The van der Waals surface area contributed by atoms with E-state index in [4.69, 9.17) is 4.74 Å². The molecule has 2 aromatic heterocycles. The number of rotatable bonds is 6. The number of aromatic nitrogens is 3. The van der Waals surface area contributed by atoms with Gasteiger partial charge in [0.2, 0.25) is 5.13 Å². The van der Waals surface area contributed by atoms with Crippen molar-refractivity contribution >= 4 is 22.4 Å².